The first kappa shape index (κ1) is 24.9. The van der Waals surface area contributed by atoms with Crippen LogP contribution in [0.3, 0.4) is 0 Å². The molecule has 0 aromatic heterocycles. The highest BCUT2D eigenvalue weighted by Gasteiger charge is 2.18. The molecule has 9 heteroatoms. The third kappa shape index (κ3) is 5.95. The summed E-state index contributed by atoms with van der Waals surface area (Å²) in [4.78, 5) is 11.2. The fourth-order valence-corrected chi connectivity index (χ4v) is 2.71. The Morgan fingerprint density at radius 3 is 1.97 bits per heavy atom. The van der Waals surface area contributed by atoms with Crippen LogP contribution in [0.1, 0.15) is 11.1 Å². The van der Waals surface area contributed by atoms with E-state index in [9.17, 15) is 9.90 Å². The van der Waals surface area contributed by atoms with Crippen molar-refractivity contribution in [2.75, 3.05) is 40.4 Å². The number of methoxy groups -OCH3 is 4. The molecule has 0 aliphatic heterocycles. The lowest BCUT2D eigenvalue weighted by molar-refractivity contribution is -0.138. The van der Waals surface area contributed by atoms with Crippen LogP contribution in [-0.4, -0.2) is 57.3 Å². The summed E-state index contributed by atoms with van der Waals surface area (Å²) in [5, 5.41) is 21.2. The van der Waals surface area contributed by atoms with E-state index in [1.54, 1.807) is 33.5 Å². The number of aliphatic hydroxyl groups is 1. The minimum atomic E-state index is -1.16. The molecule has 0 aliphatic rings. The van der Waals surface area contributed by atoms with Crippen molar-refractivity contribution in [1.29, 1.82) is 0 Å². The molecule has 0 amide bonds. The van der Waals surface area contributed by atoms with Gasteiger partial charge in [0.1, 0.15) is 11.8 Å². The van der Waals surface area contributed by atoms with E-state index in [0.717, 1.165) is 11.1 Å². The fraction of sp³-hybridized carbons (Fsp3) is 0.286. The Kier molecular flexibility index (Phi) is 9.80. The average Bonchev–Trinajstić information content (AvgIpc) is 2.74. The molecule has 0 spiro atoms. The molecular weight excluding hydrogens is 414 g/mol. The molecule has 0 saturated carbocycles. The summed E-state index contributed by atoms with van der Waals surface area (Å²) in [5.41, 5.74) is 2.08. The number of aliphatic hydroxyl groups excluding tert-OH is 1. The number of halogens is 1. The van der Waals surface area contributed by atoms with E-state index in [1.807, 2.05) is 30.4 Å². The number of carboxylic acid groups (broad SMARTS) is 1. The second kappa shape index (κ2) is 11.8. The molecule has 30 heavy (non-hydrogen) atoms. The van der Waals surface area contributed by atoms with E-state index in [1.165, 1.54) is 7.11 Å². The quantitative estimate of drug-likeness (QED) is 0.485. The van der Waals surface area contributed by atoms with Crippen molar-refractivity contribution in [3.8, 4) is 23.0 Å². The monoisotopic (exact) mass is 439 g/mol. The smallest absolute Gasteiger partial charge is 0.328 e. The molecular formula is C21H26ClNO7. The maximum Gasteiger partial charge on any atom is 0.328 e. The van der Waals surface area contributed by atoms with Gasteiger partial charge in [-0.2, -0.15) is 0 Å². The van der Waals surface area contributed by atoms with Gasteiger partial charge in [-0.05, 0) is 35.4 Å². The molecule has 3 N–H and O–H groups in total. The molecule has 0 heterocycles. The van der Waals surface area contributed by atoms with Crippen LogP contribution in [0.4, 0.5) is 5.69 Å². The van der Waals surface area contributed by atoms with Crippen molar-refractivity contribution < 1.29 is 34.0 Å². The first-order valence-electron chi connectivity index (χ1n) is 8.73. The number of rotatable bonds is 10. The van der Waals surface area contributed by atoms with Gasteiger partial charge in [0.05, 0.1) is 40.7 Å². The van der Waals surface area contributed by atoms with Crippen molar-refractivity contribution in [3.05, 3.63) is 41.5 Å². The molecule has 1 atom stereocenters. The first-order chi connectivity index (χ1) is 14.0. The van der Waals surface area contributed by atoms with Gasteiger partial charge < -0.3 is 34.5 Å². The second-order valence-electron chi connectivity index (χ2n) is 5.97. The number of ether oxygens (including phenoxy) is 4. The molecule has 0 radical (unpaired) electrons. The van der Waals surface area contributed by atoms with E-state index in [-0.39, 0.29) is 12.4 Å². The zero-order valence-electron chi connectivity index (χ0n) is 17.2. The van der Waals surface area contributed by atoms with Gasteiger partial charge >= 0.3 is 5.97 Å². The Hall–Kier alpha value is -3.10. The van der Waals surface area contributed by atoms with Crippen molar-refractivity contribution in [3.63, 3.8) is 0 Å². The van der Waals surface area contributed by atoms with Gasteiger partial charge in [-0.3, -0.25) is 0 Å². The first-order valence-corrected chi connectivity index (χ1v) is 8.73. The number of hydrogen-bond acceptors (Lipinski definition) is 7. The van der Waals surface area contributed by atoms with E-state index in [4.69, 9.17) is 24.1 Å². The van der Waals surface area contributed by atoms with Gasteiger partial charge in [0.2, 0.25) is 5.75 Å². The minimum Gasteiger partial charge on any atom is -0.495 e. The number of carbonyl (C=O) groups is 1. The van der Waals surface area contributed by atoms with Gasteiger partial charge in [-0.15, -0.1) is 12.4 Å². The summed E-state index contributed by atoms with van der Waals surface area (Å²) in [6.45, 7) is -0.552. The summed E-state index contributed by atoms with van der Waals surface area (Å²) in [6.07, 6.45) is 3.71. The molecule has 2 aromatic rings. The standard InChI is InChI=1S/C21H25NO7.ClH/c1-26-17-8-7-13(9-15(17)22-16(12-23)21(24)25)5-6-14-10-18(27-2)20(29-4)19(11-14)28-3;/h5-11,16,22-23H,12H2,1-4H3,(H,24,25);1H/b6-5-;/t16-;/m1./s1. The summed E-state index contributed by atoms with van der Waals surface area (Å²) in [6, 6.07) is 7.76. The summed E-state index contributed by atoms with van der Waals surface area (Å²) in [5.74, 6) is 0.890. The zero-order chi connectivity index (χ0) is 21.4. The Bertz CT molecular complexity index is 861. The Morgan fingerprint density at radius 1 is 0.933 bits per heavy atom. The van der Waals surface area contributed by atoms with Crippen LogP contribution in [-0.2, 0) is 4.79 Å². The van der Waals surface area contributed by atoms with Crippen molar-refractivity contribution in [2.24, 2.45) is 0 Å². The van der Waals surface area contributed by atoms with Gasteiger partial charge in [0.15, 0.2) is 11.5 Å². The maximum atomic E-state index is 11.2. The highest BCUT2D eigenvalue weighted by atomic mass is 35.5. The maximum absolute atomic E-state index is 11.2. The Morgan fingerprint density at radius 2 is 1.50 bits per heavy atom. The molecule has 164 valence electrons. The van der Waals surface area contributed by atoms with Crippen LogP contribution in [0.2, 0.25) is 0 Å². The third-order valence-electron chi connectivity index (χ3n) is 4.19. The van der Waals surface area contributed by atoms with Crippen molar-refractivity contribution >= 4 is 36.2 Å². The SMILES string of the molecule is COc1ccc(/C=C\c2cc(OC)c(OC)c(OC)c2)cc1N[C@H](CO)C(=O)O.Cl. The molecule has 2 rings (SSSR count). The minimum absolute atomic E-state index is 0. The van der Waals surface area contributed by atoms with Crippen LogP contribution in [0.25, 0.3) is 12.2 Å². The highest BCUT2D eigenvalue weighted by Crippen LogP contribution is 2.38. The van der Waals surface area contributed by atoms with Crippen LogP contribution >= 0.6 is 12.4 Å². The Balaban J connectivity index is 0.00000450. The average molecular weight is 440 g/mol. The third-order valence-corrected chi connectivity index (χ3v) is 4.19. The molecule has 0 aliphatic carbocycles. The number of benzene rings is 2. The van der Waals surface area contributed by atoms with Crippen LogP contribution in [0.5, 0.6) is 23.0 Å². The molecule has 0 bridgehead atoms. The zero-order valence-corrected chi connectivity index (χ0v) is 18.0. The number of nitrogens with one attached hydrogen (secondary N) is 1. The van der Waals surface area contributed by atoms with Crippen molar-refractivity contribution in [2.45, 2.75) is 6.04 Å². The van der Waals surface area contributed by atoms with Crippen LogP contribution in [0.15, 0.2) is 30.3 Å². The Labute approximate surface area is 181 Å². The van der Waals surface area contributed by atoms with Crippen LogP contribution in [0, 0.1) is 0 Å². The van der Waals surface area contributed by atoms with Gasteiger partial charge in [0, 0.05) is 0 Å². The summed E-state index contributed by atoms with van der Waals surface area (Å²) < 4.78 is 21.3. The fourth-order valence-electron chi connectivity index (χ4n) is 2.71. The lowest BCUT2D eigenvalue weighted by Crippen LogP contribution is -2.32. The number of carboxylic acids is 1. The number of hydrogen-bond donors (Lipinski definition) is 3. The van der Waals surface area contributed by atoms with Crippen LogP contribution < -0.4 is 24.3 Å². The largest absolute Gasteiger partial charge is 0.495 e. The lowest BCUT2D eigenvalue weighted by atomic mass is 10.1. The summed E-state index contributed by atoms with van der Waals surface area (Å²) in [7, 11) is 6.12. The molecule has 0 unspecified atom stereocenters. The van der Waals surface area contributed by atoms with Gasteiger partial charge in [-0.25, -0.2) is 4.79 Å². The summed E-state index contributed by atoms with van der Waals surface area (Å²) >= 11 is 0. The highest BCUT2D eigenvalue weighted by molar-refractivity contribution is 5.85. The van der Waals surface area contributed by atoms with Gasteiger partial charge in [-0.1, -0.05) is 18.2 Å². The van der Waals surface area contributed by atoms with E-state index in [0.29, 0.717) is 28.7 Å². The molecule has 8 nitrogen and oxygen atoms in total. The second-order valence-corrected chi connectivity index (χ2v) is 5.97. The lowest BCUT2D eigenvalue weighted by Gasteiger charge is -2.16. The topological polar surface area (TPSA) is 106 Å². The predicted molar refractivity (Wildman–Crippen MR) is 117 cm³/mol. The molecule has 0 saturated heterocycles. The van der Waals surface area contributed by atoms with E-state index < -0.39 is 18.6 Å². The predicted octanol–water partition coefficient (Wildman–Crippen LogP) is 3.17. The molecule has 0 fully saturated rings. The number of anilines is 1. The van der Waals surface area contributed by atoms with Gasteiger partial charge in [0.25, 0.3) is 0 Å². The van der Waals surface area contributed by atoms with E-state index >= 15 is 0 Å². The van der Waals surface area contributed by atoms with Crippen molar-refractivity contribution in [1.82, 2.24) is 0 Å². The molecule has 2 aromatic carbocycles. The number of aliphatic carboxylic acids is 1. The normalized spacial score (nSPS) is 11.4. The van der Waals surface area contributed by atoms with E-state index in [2.05, 4.69) is 5.32 Å².